The average molecular weight is 567 g/mol. The van der Waals surface area contributed by atoms with Crippen LogP contribution in [-0.2, 0) is 17.8 Å². The maximum absolute atomic E-state index is 13.0. The van der Waals surface area contributed by atoms with E-state index in [2.05, 4.69) is 33.1 Å². The standard InChI is InChI=1S/C24H21ClFIN2O3/c1-2-31-22-12-17(14-28-29-23(30)13-16-7-9-19(26)10-8-16)11-21(27)24(22)32-15-18-5-3-4-6-20(18)25/h3-12,14H,2,13,15H2,1H3,(H,29,30)/b28-14+. The summed E-state index contributed by atoms with van der Waals surface area (Å²) in [5.74, 6) is 0.550. The van der Waals surface area contributed by atoms with E-state index in [9.17, 15) is 9.18 Å². The number of rotatable bonds is 9. The van der Waals surface area contributed by atoms with Gasteiger partial charge in [-0.2, -0.15) is 5.10 Å². The van der Waals surface area contributed by atoms with Crippen molar-refractivity contribution in [3.8, 4) is 11.5 Å². The molecular weight excluding hydrogens is 546 g/mol. The minimum atomic E-state index is -0.342. The molecule has 0 heterocycles. The van der Waals surface area contributed by atoms with Crippen LogP contribution in [0.15, 0.2) is 65.8 Å². The van der Waals surface area contributed by atoms with Gasteiger partial charge < -0.3 is 9.47 Å². The fourth-order valence-electron chi connectivity index (χ4n) is 2.84. The van der Waals surface area contributed by atoms with Gasteiger partial charge in [0.05, 0.1) is 22.8 Å². The highest BCUT2D eigenvalue weighted by Crippen LogP contribution is 2.35. The summed E-state index contributed by atoms with van der Waals surface area (Å²) in [6.45, 7) is 2.66. The van der Waals surface area contributed by atoms with Gasteiger partial charge in [-0.25, -0.2) is 9.82 Å². The molecule has 8 heteroatoms. The van der Waals surface area contributed by atoms with Crippen LogP contribution in [0, 0.1) is 9.39 Å². The summed E-state index contributed by atoms with van der Waals surface area (Å²) in [5.41, 5.74) is 4.80. The predicted octanol–water partition coefficient (Wildman–Crippen LogP) is 5.75. The van der Waals surface area contributed by atoms with E-state index in [0.717, 1.165) is 14.7 Å². The SMILES string of the molecule is CCOc1cc(/C=N/NC(=O)Cc2ccc(F)cc2)cc(I)c1OCc1ccccc1Cl. The summed E-state index contributed by atoms with van der Waals surface area (Å²) in [5, 5.41) is 4.66. The Morgan fingerprint density at radius 1 is 1.16 bits per heavy atom. The van der Waals surface area contributed by atoms with Crippen LogP contribution in [0.4, 0.5) is 4.39 Å². The summed E-state index contributed by atoms with van der Waals surface area (Å²) >= 11 is 8.38. The number of nitrogens with zero attached hydrogens (tertiary/aromatic N) is 1. The van der Waals surface area contributed by atoms with Gasteiger partial charge in [0.25, 0.3) is 0 Å². The van der Waals surface area contributed by atoms with Crippen LogP contribution >= 0.6 is 34.2 Å². The van der Waals surface area contributed by atoms with Crippen LogP contribution < -0.4 is 14.9 Å². The first-order valence-electron chi connectivity index (χ1n) is 9.85. The fraction of sp³-hybridized carbons (Fsp3) is 0.167. The molecule has 5 nitrogen and oxygen atoms in total. The number of halogens is 3. The van der Waals surface area contributed by atoms with E-state index in [0.29, 0.717) is 35.3 Å². The largest absolute Gasteiger partial charge is 0.490 e. The fourth-order valence-corrected chi connectivity index (χ4v) is 3.81. The number of nitrogens with one attached hydrogen (secondary N) is 1. The Morgan fingerprint density at radius 2 is 1.91 bits per heavy atom. The van der Waals surface area contributed by atoms with Crippen molar-refractivity contribution in [2.45, 2.75) is 20.0 Å². The number of hydrazone groups is 1. The molecule has 3 aromatic carbocycles. The van der Waals surface area contributed by atoms with Crippen LogP contribution in [-0.4, -0.2) is 18.7 Å². The average Bonchev–Trinajstić information content (AvgIpc) is 2.76. The Kier molecular flexibility index (Phi) is 8.87. The number of hydrogen-bond donors (Lipinski definition) is 1. The maximum atomic E-state index is 13.0. The summed E-state index contributed by atoms with van der Waals surface area (Å²) in [6, 6.07) is 16.9. The molecule has 0 fully saturated rings. The molecule has 3 rings (SSSR count). The topological polar surface area (TPSA) is 59.9 Å². The molecule has 1 amide bonds. The molecular formula is C24H21ClFIN2O3. The normalized spacial score (nSPS) is 10.9. The number of carbonyl (C=O) groups is 1. The van der Waals surface area contributed by atoms with Crippen LogP contribution in [0.25, 0.3) is 0 Å². The minimum Gasteiger partial charge on any atom is -0.490 e. The van der Waals surface area contributed by atoms with Crippen molar-refractivity contribution in [1.82, 2.24) is 5.43 Å². The lowest BCUT2D eigenvalue weighted by molar-refractivity contribution is -0.120. The van der Waals surface area contributed by atoms with Gasteiger partial charge in [0.2, 0.25) is 5.91 Å². The second-order valence-corrected chi connectivity index (χ2v) is 8.31. The van der Waals surface area contributed by atoms with Gasteiger partial charge in [-0.3, -0.25) is 4.79 Å². The van der Waals surface area contributed by atoms with Gasteiger partial charge in [-0.1, -0.05) is 41.9 Å². The third kappa shape index (κ3) is 6.93. The number of carbonyl (C=O) groups excluding carboxylic acids is 1. The van der Waals surface area contributed by atoms with E-state index in [1.54, 1.807) is 18.2 Å². The predicted molar refractivity (Wildman–Crippen MR) is 132 cm³/mol. The third-order valence-corrected chi connectivity index (χ3v) is 5.51. The van der Waals surface area contributed by atoms with Crippen molar-refractivity contribution in [1.29, 1.82) is 0 Å². The number of ether oxygens (including phenoxy) is 2. The number of benzene rings is 3. The molecule has 0 aliphatic rings. The molecule has 0 unspecified atom stereocenters. The van der Waals surface area contributed by atoms with Crippen molar-refractivity contribution < 1.29 is 18.7 Å². The first-order chi connectivity index (χ1) is 15.5. The highest BCUT2D eigenvalue weighted by atomic mass is 127. The van der Waals surface area contributed by atoms with Gasteiger partial charge >= 0.3 is 0 Å². The second kappa shape index (κ2) is 11.8. The molecule has 0 radical (unpaired) electrons. The lowest BCUT2D eigenvalue weighted by atomic mass is 10.1. The van der Waals surface area contributed by atoms with E-state index in [1.807, 2.05) is 37.3 Å². The van der Waals surface area contributed by atoms with Crippen LogP contribution in [0.3, 0.4) is 0 Å². The van der Waals surface area contributed by atoms with E-state index in [4.69, 9.17) is 21.1 Å². The maximum Gasteiger partial charge on any atom is 0.244 e. The zero-order valence-corrected chi connectivity index (χ0v) is 20.2. The monoisotopic (exact) mass is 566 g/mol. The van der Waals surface area contributed by atoms with Crippen LogP contribution in [0.5, 0.6) is 11.5 Å². The molecule has 0 spiro atoms. The van der Waals surface area contributed by atoms with Crippen molar-refractivity contribution in [3.63, 3.8) is 0 Å². The van der Waals surface area contributed by atoms with Gasteiger partial charge in [0.1, 0.15) is 12.4 Å². The molecule has 0 aliphatic heterocycles. The molecule has 0 bridgehead atoms. The molecule has 166 valence electrons. The Balaban J connectivity index is 1.67. The Hall–Kier alpha value is -2.65. The molecule has 1 N–H and O–H groups in total. The van der Waals surface area contributed by atoms with Gasteiger partial charge in [-0.15, -0.1) is 0 Å². The summed E-state index contributed by atoms with van der Waals surface area (Å²) in [4.78, 5) is 12.0. The van der Waals surface area contributed by atoms with Crippen LogP contribution in [0.2, 0.25) is 5.02 Å². The highest BCUT2D eigenvalue weighted by Gasteiger charge is 2.13. The Morgan fingerprint density at radius 3 is 2.62 bits per heavy atom. The summed E-state index contributed by atoms with van der Waals surface area (Å²) in [7, 11) is 0. The minimum absolute atomic E-state index is 0.105. The first-order valence-corrected chi connectivity index (χ1v) is 11.3. The van der Waals surface area contributed by atoms with E-state index >= 15 is 0 Å². The molecule has 0 aromatic heterocycles. The molecule has 32 heavy (non-hydrogen) atoms. The van der Waals surface area contributed by atoms with E-state index < -0.39 is 0 Å². The molecule has 0 aliphatic carbocycles. The van der Waals surface area contributed by atoms with Crippen LogP contribution in [0.1, 0.15) is 23.6 Å². The number of hydrogen-bond acceptors (Lipinski definition) is 4. The first kappa shape index (κ1) is 24.0. The van der Waals surface area contributed by atoms with Crippen molar-refractivity contribution in [3.05, 3.63) is 91.8 Å². The molecule has 0 saturated heterocycles. The highest BCUT2D eigenvalue weighted by molar-refractivity contribution is 14.1. The molecule has 3 aromatic rings. The lowest BCUT2D eigenvalue weighted by Gasteiger charge is -2.15. The van der Waals surface area contributed by atoms with Crippen molar-refractivity contribution >= 4 is 46.3 Å². The second-order valence-electron chi connectivity index (χ2n) is 6.74. The quantitative estimate of drug-likeness (QED) is 0.204. The van der Waals surface area contributed by atoms with Gasteiger partial charge in [0, 0.05) is 10.6 Å². The summed E-state index contributed by atoms with van der Waals surface area (Å²) in [6.07, 6.45) is 1.64. The number of amides is 1. The van der Waals surface area contributed by atoms with Crippen molar-refractivity contribution in [2.75, 3.05) is 6.61 Å². The summed E-state index contributed by atoms with van der Waals surface area (Å²) < 4.78 is 25.6. The Labute approximate surface area is 204 Å². The third-order valence-electron chi connectivity index (χ3n) is 4.34. The lowest BCUT2D eigenvalue weighted by Crippen LogP contribution is -2.19. The van der Waals surface area contributed by atoms with E-state index in [-0.39, 0.29) is 18.1 Å². The molecule has 0 saturated carbocycles. The molecule has 0 atom stereocenters. The van der Waals surface area contributed by atoms with Crippen molar-refractivity contribution in [2.24, 2.45) is 5.10 Å². The zero-order valence-electron chi connectivity index (χ0n) is 17.3. The smallest absolute Gasteiger partial charge is 0.244 e. The Bertz CT molecular complexity index is 1110. The van der Waals surface area contributed by atoms with Gasteiger partial charge in [-0.05, 0) is 71.0 Å². The zero-order chi connectivity index (χ0) is 22.9. The van der Waals surface area contributed by atoms with E-state index in [1.165, 1.54) is 18.3 Å². The van der Waals surface area contributed by atoms with Gasteiger partial charge in [0.15, 0.2) is 11.5 Å².